The summed E-state index contributed by atoms with van der Waals surface area (Å²) in [6.07, 6.45) is 7.24. The number of allylic oxidation sites excluding steroid dienone is 3. The summed E-state index contributed by atoms with van der Waals surface area (Å²) >= 11 is 0. The quantitative estimate of drug-likeness (QED) is 0.280. The molecule has 196 valence electrons. The Labute approximate surface area is 216 Å². The van der Waals surface area contributed by atoms with Gasteiger partial charge in [-0.3, -0.25) is 0 Å². The third kappa shape index (κ3) is 5.77. The number of aryl methyl sites for hydroxylation is 1. The molecule has 7 nitrogen and oxygen atoms in total. The number of piperidine rings is 1. The van der Waals surface area contributed by atoms with E-state index in [9.17, 15) is 8.78 Å². The number of nitrogens with zero attached hydrogens (tertiary/aromatic N) is 5. The van der Waals surface area contributed by atoms with Gasteiger partial charge >= 0.3 is 0 Å². The van der Waals surface area contributed by atoms with Crippen LogP contribution in [-0.2, 0) is 0 Å². The zero-order valence-corrected chi connectivity index (χ0v) is 22.1. The molecule has 1 saturated heterocycles. The SMILES string of the molecule is C=N/C(=C\C=C(/C)[C@H](C)C1CCNCC1)Nc1ncc(F)c(-c2cc(F)c3nc(C)n(C(C)C)c3c2)n1. The first kappa shape index (κ1) is 26.6. The van der Waals surface area contributed by atoms with E-state index in [-0.39, 0.29) is 23.2 Å². The van der Waals surface area contributed by atoms with Crippen molar-refractivity contribution >= 4 is 23.7 Å². The number of benzene rings is 1. The molecule has 2 aromatic heterocycles. The van der Waals surface area contributed by atoms with Crippen LogP contribution in [-0.4, -0.2) is 39.3 Å². The van der Waals surface area contributed by atoms with E-state index in [0.717, 1.165) is 32.1 Å². The lowest BCUT2D eigenvalue weighted by molar-refractivity contribution is 0.304. The second-order valence-electron chi connectivity index (χ2n) is 9.96. The lowest BCUT2D eigenvalue weighted by atomic mass is 9.82. The number of hydrogen-bond acceptors (Lipinski definition) is 6. The first-order chi connectivity index (χ1) is 17.7. The van der Waals surface area contributed by atoms with Gasteiger partial charge < -0.3 is 15.2 Å². The predicted molar refractivity (Wildman–Crippen MR) is 146 cm³/mol. The zero-order chi connectivity index (χ0) is 26.7. The van der Waals surface area contributed by atoms with Gasteiger partial charge in [0, 0.05) is 11.6 Å². The third-order valence-electron chi connectivity index (χ3n) is 7.18. The topological polar surface area (TPSA) is 80.0 Å². The van der Waals surface area contributed by atoms with E-state index in [1.807, 2.05) is 37.5 Å². The summed E-state index contributed by atoms with van der Waals surface area (Å²) in [5.41, 5.74) is 2.38. The average Bonchev–Trinajstić information content (AvgIpc) is 3.23. The summed E-state index contributed by atoms with van der Waals surface area (Å²) in [6, 6.07) is 3.03. The van der Waals surface area contributed by atoms with Crippen LogP contribution in [0.5, 0.6) is 0 Å². The van der Waals surface area contributed by atoms with Gasteiger partial charge in [0.25, 0.3) is 0 Å². The van der Waals surface area contributed by atoms with Crippen molar-refractivity contribution in [2.45, 2.75) is 53.5 Å². The number of nitrogens with one attached hydrogen (secondary N) is 2. The molecule has 1 atom stereocenters. The maximum atomic E-state index is 15.0. The molecule has 2 N–H and O–H groups in total. The molecule has 1 aromatic carbocycles. The molecule has 9 heteroatoms. The summed E-state index contributed by atoms with van der Waals surface area (Å²) in [5.74, 6) is 1.18. The molecule has 0 aliphatic carbocycles. The van der Waals surface area contributed by atoms with Gasteiger partial charge in [0.05, 0.1) is 11.7 Å². The molecular formula is C28H35F2N7. The van der Waals surface area contributed by atoms with E-state index < -0.39 is 11.6 Å². The normalized spacial score (nSPS) is 16.4. The fourth-order valence-electron chi connectivity index (χ4n) is 5.01. The van der Waals surface area contributed by atoms with Crippen molar-refractivity contribution in [3.63, 3.8) is 0 Å². The third-order valence-corrected chi connectivity index (χ3v) is 7.18. The number of anilines is 1. The molecule has 4 rings (SSSR count). The number of hydrogen-bond donors (Lipinski definition) is 2. The summed E-state index contributed by atoms with van der Waals surface area (Å²) in [7, 11) is 0. The van der Waals surface area contributed by atoms with E-state index in [2.05, 4.69) is 51.1 Å². The van der Waals surface area contributed by atoms with Crippen LogP contribution in [0.2, 0.25) is 0 Å². The first-order valence-corrected chi connectivity index (χ1v) is 12.7. The monoisotopic (exact) mass is 507 g/mol. The molecule has 0 amide bonds. The van der Waals surface area contributed by atoms with Crippen LogP contribution in [0.25, 0.3) is 22.3 Å². The largest absolute Gasteiger partial charge is 0.326 e. The van der Waals surface area contributed by atoms with Crippen molar-refractivity contribution in [2.75, 3.05) is 18.4 Å². The number of aromatic nitrogens is 4. The number of halogens is 2. The Kier molecular flexibility index (Phi) is 8.12. The Morgan fingerprint density at radius 2 is 1.89 bits per heavy atom. The summed E-state index contributed by atoms with van der Waals surface area (Å²) < 4.78 is 31.7. The number of imidazole rings is 1. The predicted octanol–water partition coefficient (Wildman–Crippen LogP) is 6.20. The Morgan fingerprint density at radius 1 is 1.16 bits per heavy atom. The molecule has 1 fully saturated rings. The lowest BCUT2D eigenvalue weighted by Crippen LogP contribution is -2.31. The van der Waals surface area contributed by atoms with Crippen LogP contribution < -0.4 is 10.6 Å². The van der Waals surface area contributed by atoms with Crippen molar-refractivity contribution in [3.05, 3.63) is 59.3 Å². The first-order valence-electron chi connectivity index (χ1n) is 12.7. The summed E-state index contributed by atoms with van der Waals surface area (Å²) in [5, 5.41) is 6.41. The van der Waals surface area contributed by atoms with E-state index in [0.29, 0.717) is 34.6 Å². The van der Waals surface area contributed by atoms with Crippen molar-refractivity contribution in [1.29, 1.82) is 0 Å². The Hall–Kier alpha value is -3.46. The molecule has 3 aromatic rings. The zero-order valence-electron chi connectivity index (χ0n) is 22.1. The van der Waals surface area contributed by atoms with Crippen LogP contribution in [0.1, 0.15) is 52.4 Å². The highest BCUT2D eigenvalue weighted by atomic mass is 19.1. The highest BCUT2D eigenvalue weighted by molar-refractivity contribution is 5.83. The van der Waals surface area contributed by atoms with Gasteiger partial charge in [-0.15, -0.1) is 0 Å². The van der Waals surface area contributed by atoms with Crippen LogP contribution >= 0.6 is 0 Å². The second-order valence-corrected chi connectivity index (χ2v) is 9.96. The van der Waals surface area contributed by atoms with E-state index in [1.165, 1.54) is 11.6 Å². The molecular weight excluding hydrogens is 472 g/mol. The summed E-state index contributed by atoms with van der Waals surface area (Å²) in [6.45, 7) is 15.9. The van der Waals surface area contributed by atoms with Gasteiger partial charge in [-0.1, -0.05) is 18.6 Å². The van der Waals surface area contributed by atoms with E-state index in [1.54, 1.807) is 6.07 Å². The van der Waals surface area contributed by atoms with Crippen LogP contribution in [0.4, 0.5) is 14.7 Å². The fourth-order valence-corrected chi connectivity index (χ4v) is 5.01. The molecule has 1 aliphatic rings. The highest BCUT2D eigenvalue weighted by Gasteiger charge is 2.21. The van der Waals surface area contributed by atoms with Gasteiger partial charge in [0.2, 0.25) is 5.95 Å². The minimum atomic E-state index is -0.653. The molecule has 3 heterocycles. The molecule has 0 saturated carbocycles. The lowest BCUT2D eigenvalue weighted by Gasteiger charge is -2.28. The molecule has 0 unspecified atom stereocenters. The minimum absolute atomic E-state index is 0.0119. The van der Waals surface area contributed by atoms with Gasteiger partial charge in [-0.25, -0.2) is 28.7 Å². The standard InChI is InChI=1S/C28H35F2N7/c1-16(2)37-19(5)34-27-22(29)13-21(14-24(27)37)26-23(30)15-33-28(36-26)35-25(31-6)8-7-17(3)18(4)20-9-11-32-12-10-20/h7-8,13-16,18,20,32H,6,9-12H2,1-5H3,(H,33,35,36)/b17-7+,25-8+/t18-/m0/s1. The van der Waals surface area contributed by atoms with Gasteiger partial charge in [-0.05, 0) is 90.4 Å². The number of fused-ring (bicyclic) bond motifs is 1. The van der Waals surface area contributed by atoms with Gasteiger partial charge in [0.1, 0.15) is 22.9 Å². The molecule has 1 aliphatic heterocycles. The minimum Gasteiger partial charge on any atom is -0.326 e. The molecule has 37 heavy (non-hydrogen) atoms. The Balaban J connectivity index is 1.62. The number of rotatable bonds is 8. The molecule has 0 spiro atoms. The molecule has 0 bridgehead atoms. The van der Waals surface area contributed by atoms with Crippen LogP contribution in [0.3, 0.4) is 0 Å². The van der Waals surface area contributed by atoms with E-state index >= 15 is 0 Å². The highest BCUT2D eigenvalue weighted by Crippen LogP contribution is 2.31. The Morgan fingerprint density at radius 3 is 2.57 bits per heavy atom. The van der Waals surface area contributed by atoms with Crippen molar-refractivity contribution in [2.24, 2.45) is 16.8 Å². The fraction of sp³-hybridized carbons (Fsp3) is 0.429. The smallest absolute Gasteiger partial charge is 0.229 e. The van der Waals surface area contributed by atoms with Crippen molar-refractivity contribution < 1.29 is 8.78 Å². The van der Waals surface area contributed by atoms with Crippen molar-refractivity contribution in [3.8, 4) is 11.3 Å². The van der Waals surface area contributed by atoms with Crippen molar-refractivity contribution in [1.82, 2.24) is 24.8 Å². The molecule has 0 radical (unpaired) electrons. The Bertz CT molecular complexity index is 1350. The maximum Gasteiger partial charge on any atom is 0.229 e. The maximum absolute atomic E-state index is 15.0. The number of aliphatic imine (C=N–C) groups is 1. The van der Waals surface area contributed by atoms with Gasteiger partial charge in [0.15, 0.2) is 11.6 Å². The summed E-state index contributed by atoms with van der Waals surface area (Å²) in [4.78, 5) is 16.8. The average molecular weight is 508 g/mol. The van der Waals surface area contributed by atoms with Gasteiger partial charge in [-0.2, -0.15) is 0 Å². The second kappa shape index (κ2) is 11.3. The van der Waals surface area contributed by atoms with Crippen LogP contribution in [0.15, 0.2) is 46.9 Å². The van der Waals surface area contributed by atoms with E-state index in [4.69, 9.17) is 0 Å². The van der Waals surface area contributed by atoms with Crippen LogP contribution in [0, 0.1) is 30.4 Å².